The van der Waals surface area contributed by atoms with Gasteiger partial charge in [0.25, 0.3) is 0 Å². The van der Waals surface area contributed by atoms with Crippen LogP contribution in [-0.4, -0.2) is 15.5 Å². The molecule has 0 saturated carbocycles. The van der Waals surface area contributed by atoms with Crippen LogP contribution in [0.3, 0.4) is 0 Å². The van der Waals surface area contributed by atoms with Crippen molar-refractivity contribution >= 4 is 15.7 Å². The summed E-state index contributed by atoms with van der Waals surface area (Å²) in [5.41, 5.74) is 3.15. The molecular weight excluding hydrogens is 284 g/mol. The molecule has 2 N–H and O–H groups in total. The van der Waals surface area contributed by atoms with Crippen molar-refractivity contribution in [3.05, 3.63) is 59.7 Å². The van der Waals surface area contributed by atoms with Crippen LogP contribution in [0.1, 0.15) is 24.1 Å². The summed E-state index contributed by atoms with van der Waals surface area (Å²) in [6, 6.07) is 15.2. The highest BCUT2D eigenvalue weighted by atomic mass is 32.2. The van der Waals surface area contributed by atoms with E-state index in [0.717, 1.165) is 11.3 Å². The molecule has 0 spiro atoms. The summed E-state index contributed by atoms with van der Waals surface area (Å²) < 4.78 is 25.9. The summed E-state index contributed by atoms with van der Waals surface area (Å²) >= 11 is 0. The van der Waals surface area contributed by atoms with E-state index in [1.165, 1.54) is 12.6 Å². The Hall–Kier alpha value is -1.85. The van der Waals surface area contributed by atoms with E-state index in [0.29, 0.717) is 0 Å². The summed E-state index contributed by atoms with van der Waals surface area (Å²) in [4.78, 5) is 0.256. The smallest absolute Gasteiger partial charge is 0.240 e. The van der Waals surface area contributed by atoms with Gasteiger partial charge in [-0.1, -0.05) is 35.9 Å². The number of anilines is 1. The van der Waals surface area contributed by atoms with Gasteiger partial charge < -0.3 is 5.32 Å². The molecule has 0 fully saturated rings. The number of nitrogens with one attached hydrogen (secondary N) is 2. The van der Waals surface area contributed by atoms with Crippen LogP contribution in [0.5, 0.6) is 0 Å². The van der Waals surface area contributed by atoms with Crippen molar-refractivity contribution in [1.29, 1.82) is 0 Å². The van der Waals surface area contributed by atoms with Crippen LogP contribution >= 0.6 is 0 Å². The van der Waals surface area contributed by atoms with Crippen LogP contribution in [0.4, 0.5) is 5.69 Å². The quantitative estimate of drug-likeness (QED) is 0.892. The molecule has 0 bridgehead atoms. The van der Waals surface area contributed by atoms with Crippen molar-refractivity contribution in [2.45, 2.75) is 24.8 Å². The van der Waals surface area contributed by atoms with Gasteiger partial charge in [0.2, 0.25) is 10.0 Å². The molecule has 0 heterocycles. The first-order chi connectivity index (χ1) is 9.92. The second kappa shape index (κ2) is 6.28. The third kappa shape index (κ3) is 3.83. The standard InChI is InChI=1S/C16H20N2O2S/c1-12-7-9-14(10-8-12)13(2)18-15-5-4-6-16(11-15)21(19,20)17-3/h4-11,13,17-18H,1-3H3. The van der Waals surface area contributed by atoms with Crippen LogP contribution in [0.25, 0.3) is 0 Å². The molecule has 0 aliphatic carbocycles. The predicted molar refractivity (Wildman–Crippen MR) is 85.9 cm³/mol. The van der Waals surface area contributed by atoms with Crippen molar-refractivity contribution < 1.29 is 8.42 Å². The molecular formula is C16H20N2O2S. The fourth-order valence-electron chi connectivity index (χ4n) is 2.06. The SMILES string of the molecule is CNS(=O)(=O)c1cccc(NC(C)c2ccc(C)cc2)c1. The molecule has 0 aromatic heterocycles. The molecule has 2 aromatic carbocycles. The minimum absolute atomic E-state index is 0.0955. The first-order valence-corrected chi connectivity index (χ1v) is 8.27. The fraction of sp³-hybridized carbons (Fsp3) is 0.250. The van der Waals surface area contributed by atoms with Gasteiger partial charge in [0.05, 0.1) is 4.90 Å². The highest BCUT2D eigenvalue weighted by molar-refractivity contribution is 7.89. The van der Waals surface area contributed by atoms with E-state index in [2.05, 4.69) is 34.3 Å². The van der Waals surface area contributed by atoms with Crippen molar-refractivity contribution in [2.24, 2.45) is 0 Å². The van der Waals surface area contributed by atoms with Gasteiger partial charge in [0.15, 0.2) is 0 Å². The zero-order valence-electron chi connectivity index (χ0n) is 12.4. The highest BCUT2D eigenvalue weighted by Crippen LogP contribution is 2.21. The Labute approximate surface area is 126 Å². The lowest BCUT2D eigenvalue weighted by Gasteiger charge is -2.16. The molecule has 0 aliphatic heterocycles. The zero-order chi connectivity index (χ0) is 15.5. The topological polar surface area (TPSA) is 58.2 Å². The minimum atomic E-state index is -3.42. The molecule has 4 nitrogen and oxygen atoms in total. The summed E-state index contributed by atoms with van der Waals surface area (Å²) in [5.74, 6) is 0. The van der Waals surface area contributed by atoms with Crippen LogP contribution < -0.4 is 10.0 Å². The van der Waals surface area contributed by atoms with Gasteiger partial charge in [-0.25, -0.2) is 13.1 Å². The van der Waals surface area contributed by atoms with E-state index in [9.17, 15) is 8.42 Å². The Bertz CT molecular complexity index is 709. The summed E-state index contributed by atoms with van der Waals surface area (Å²) in [5, 5.41) is 3.32. The van der Waals surface area contributed by atoms with E-state index in [4.69, 9.17) is 0 Å². The van der Waals surface area contributed by atoms with Crippen LogP contribution in [0.15, 0.2) is 53.4 Å². The number of benzene rings is 2. The van der Waals surface area contributed by atoms with Gasteiger partial charge >= 0.3 is 0 Å². The molecule has 1 unspecified atom stereocenters. The predicted octanol–water partition coefficient (Wildman–Crippen LogP) is 3.08. The van der Waals surface area contributed by atoms with Crippen LogP contribution in [0.2, 0.25) is 0 Å². The molecule has 0 amide bonds. The molecule has 112 valence electrons. The number of hydrogen-bond donors (Lipinski definition) is 2. The Morgan fingerprint density at radius 3 is 2.33 bits per heavy atom. The average molecular weight is 304 g/mol. The monoisotopic (exact) mass is 304 g/mol. The minimum Gasteiger partial charge on any atom is -0.378 e. The first kappa shape index (κ1) is 15.5. The Morgan fingerprint density at radius 1 is 1.05 bits per heavy atom. The summed E-state index contributed by atoms with van der Waals surface area (Å²) in [7, 11) is -2.01. The number of aryl methyl sites for hydroxylation is 1. The van der Waals surface area contributed by atoms with E-state index in [1.54, 1.807) is 18.2 Å². The molecule has 1 atom stereocenters. The lowest BCUT2D eigenvalue weighted by Crippen LogP contribution is -2.18. The average Bonchev–Trinajstić information content (AvgIpc) is 2.48. The molecule has 0 aliphatic rings. The third-order valence-electron chi connectivity index (χ3n) is 3.37. The molecule has 0 radical (unpaired) electrons. The molecule has 2 aromatic rings. The van der Waals surface area contributed by atoms with Gasteiger partial charge in [-0.05, 0) is 44.7 Å². The Kier molecular flexibility index (Phi) is 4.65. The second-order valence-corrected chi connectivity index (χ2v) is 6.90. The number of rotatable bonds is 5. The van der Waals surface area contributed by atoms with Crippen molar-refractivity contribution in [2.75, 3.05) is 12.4 Å². The van der Waals surface area contributed by atoms with Gasteiger partial charge in [-0.3, -0.25) is 0 Å². The van der Waals surface area contributed by atoms with Gasteiger partial charge in [0, 0.05) is 11.7 Å². The normalized spacial score (nSPS) is 12.9. The largest absolute Gasteiger partial charge is 0.378 e. The van der Waals surface area contributed by atoms with Gasteiger partial charge in [0.1, 0.15) is 0 Å². The number of hydrogen-bond acceptors (Lipinski definition) is 3. The van der Waals surface area contributed by atoms with E-state index in [1.807, 2.05) is 19.9 Å². The molecule has 0 saturated heterocycles. The Balaban J connectivity index is 2.20. The summed E-state index contributed by atoms with van der Waals surface area (Å²) in [6.07, 6.45) is 0. The zero-order valence-corrected chi connectivity index (χ0v) is 13.2. The molecule has 5 heteroatoms. The van der Waals surface area contributed by atoms with E-state index >= 15 is 0 Å². The van der Waals surface area contributed by atoms with Gasteiger partial charge in [-0.15, -0.1) is 0 Å². The lowest BCUT2D eigenvalue weighted by atomic mass is 10.1. The van der Waals surface area contributed by atoms with Crippen molar-refractivity contribution in [3.8, 4) is 0 Å². The molecule has 2 rings (SSSR count). The maximum Gasteiger partial charge on any atom is 0.240 e. The second-order valence-electron chi connectivity index (χ2n) is 5.01. The lowest BCUT2D eigenvalue weighted by molar-refractivity contribution is 0.588. The Morgan fingerprint density at radius 2 is 1.71 bits per heavy atom. The first-order valence-electron chi connectivity index (χ1n) is 6.79. The maximum atomic E-state index is 11.8. The third-order valence-corrected chi connectivity index (χ3v) is 4.79. The highest BCUT2D eigenvalue weighted by Gasteiger charge is 2.12. The van der Waals surface area contributed by atoms with Crippen LogP contribution in [-0.2, 0) is 10.0 Å². The van der Waals surface area contributed by atoms with Gasteiger partial charge in [-0.2, -0.15) is 0 Å². The number of sulfonamides is 1. The van der Waals surface area contributed by atoms with E-state index in [-0.39, 0.29) is 10.9 Å². The van der Waals surface area contributed by atoms with Crippen LogP contribution in [0, 0.1) is 6.92 Å². The molecule has 21 heavy (non-hydrogen) atoms. The van der Waals surface area contributed by atoms with E-state index < -0.39 is 10.0 Å². The van der Waals surface area contributed by atoms with Crippen molar-refractivity contribution in [1.82, 2.24) is 4.72 Å². The fourth-order valence-corrected chi connectivity index (χ4v) is 2.83. The maximum absolute atomic E-state index is 11.8. The summed E-state index contributed by atoms with van der Waals surface area (Å²) in [6.45, 7) is 4.10. The van der Waals surface area contributed by atoms with Crippen molar-refractivity contribution in [3.63, 3.8) is 0 Å².